The first-order valence-electron chi connectivity index (χ1n) is 10.3. The van der Waals surface area contributed by atoms with E-state index < -0.39 is 0 Å². The van der Waals surface area contributed by atoms with Crippen LogP contribution >= 0.6 is 0 Å². The van der Waals surface area contributed by atoms with E-state index in [0.29, 0.717) is 29.6 Å². The van der Waals surface area contributed by atoms with Crippen molar-refractivity contribution in [3.8, 4) is 0 Å². The molecule has 3 N–H and O–H groups in total. The summed E-state index contributed by atoms with van der Waals surface area (Å²) in [6, 6.07) is 0. The van der Waals surface area contributed by atoms with E-state index in [1.54, 1.807) is 0 Å². The van der Waals surface area contributed by atoms with Crippen molar-refractivity contribution in [1.29, 1.82) is 0 Å². The van der Waals surface area contributed by atoms with Gasteiger partial charge in [-0.05, 0) is 98.7 Å². The molecule has 0 amide bonds. The smallest absolute Gasteiger partial charge is 0.0581 e. The second kappa shape index (κ2) is 5.69. The van der Waals surface area contributed by atoms with Gasteiger partial charge >= 0.3 is 0 Å². The summed E-state index contributed by atoms with van der Waals surface area (Å²) in [6.07, 6.45) is 7.91. The predicted molar refractivity (Wildman–Crippen MR) is 94.3 cm³/mol. The third kappa shape index (κ3) is 2.27. The summed E-state index contributed by atoms with van der Waals surface area (Å²) in [5.74, 6) is 2.59. The summed E-state index contributed by atoms with van der Waals surface area (Å²) < 4.78 is 0. The highest BCUT2D eigenvalue weighted by Crippen LogP contribution is 2.67. The van der Waals surface area contributed by atoms with Gasteiger partial charge in [-0.25, -0.2) is 0 Å². The lowest BCUT2D eigenvalue weighted by molar-refractivity contribution is -0.181. The maximum Gasteiger partial charge on any atom is 0.0581 e. The molecule has 0 aromatic carbocycles. The number of aliphatic hydroxyl groups is 3. The second-order valence-corrected chi connectivity index (χ2v) is 10.2. The fourth-order valence-corrected chi connectivity index (χ4v) is 8.19. The van der Waals surface area contributed by atoms with Crippen molar-refractivity contribution in [3.63, 3.8) is 0 Å². The van der Waals surface area contributed by atoms with Crippen LogP contribution in [0.4, 0.5) is 0 Å². The molecule has 138 valence electrons. The van der Waals surface area contributed by atoms with Crippen LogP contribution in [0.5, 0.6) is 0 Å². The van der Waals surface area contributed by atoms with Crippen molar-refractivity contribution >= 4 is 0 Å². The third-order valence-electron chi connectivity index (χ3n) is 9.22. The standard InChI is InChI=1S/C21H36O3/c1-12(22)16-6-7-17-15-5-4-13-10-14(23)8-9-20(13,2)19(15)18(24)11-21(16,17)3/h12-19,22-24H,4-11H2,1-3H3/t12-,13-,14-,15+,16-,17+,18-,19-,20-,21-/m0/s1. The summed E-state index contributed by atoms with van der Waals surface area (Å²) in [6.45, 7) is 6.70. The summed E-state index contributed by atoms with van der Waals surface area (Å²) in [5.41, 5.74) is 0.304. The lowest BCUT2D eigenvalue weighted by Crippen LogP contribution is -2.59. The molecule has 0 radical (unpaired) electrons. The van der Waals surface area contributed by atoms with Crippen molar-refractivity contribution in [3.05, 3.63) is 0 Å². The van der Waals surface area contributed by atoms with E-state index in [9.17, 15) is 15.3 Å². The Labute approximate surface area is 146 Å². The Bertz CT molecular complexity index is 491. The lowest BCUT2D eigenvalue weighted by Gasteiger charge is -2.62. The molecule has 0 spiro atoms. The zero-order chi connectivity index (χ0) is 17.3. The fourth-order valence-electron chi connectivity index (χ4n) is 8.19. The molecule has 0 bridgehead atoms. The normalized spacial score (nSPS) is 58.5. The van der Waals surface area contributed by atoms with Gasteiger partial charge in [0.2, 0.25) is 0 Å². The average Bonchev–Trinajstić information content (AvgIpc) is 2.84. The van der Waals surface area contributed by atoms with Crippen molar-refractivity contribution in [2.24, 2.45) is 40.4 Å². The van der Waals surface area contributed by atoms with Gasteiger partial charge in [0.15, 0.2) is 0 Å². The average molecular weight is 337 g/mol. The van der Waals surface area contributed by atoms with Gasteiger partial charge in [-0.3, -0.25) is 0 Å². The van der Waals surface area contributed by atoms with Crippen molar-refractivity contribution in [1.82, 2.24) is 0 Å². The maximum atomic E-state index is 11.2. The molecule has 3 heteroatoms. The Morgan fingerprint density at radius 3 is 2.42 bits per heavy atom. The molecule has 0 aliphatic heterocycles. The van der Waals surface area contributed by atoms with Crippen LogP contribution in [0.3, 0.4) is 0 Å². The summed E-state index contributed by atoms with van der Waals surface area (Å²) in [4.78, 5) is 0. The molecule has 4 rings (SSSR count). The fraction of sp³-hybridized carbons (Fsp3) is 1.00. The van der Waals surface area contributed by atoms with Crippen LogP contribution < -0.4 is 0 Å². The predicted octanol–water partition coefficient (Wildman–Crippen LogP) is 3.36. The number of fused-ring (bicyclic) bond motifs is 5. The van der Waals surface area contributed by atoms with Crippen LogP contribution in [0.15, 0.2) is 0 Å². The molecule has 24 heavy (non-hydrogen) atoms. The van der Waals surface area contributed by atoms with Crippen molar-refractivity contribution in [2.45, 2.75) is 90.4 Å². The first kappa shape index (κ1) is 17.3. The van der Waals surface area contributed by atoms with Gasteiger partial charge in [0.25, 0.3) is 0 Å². The summed E-state index contributed by atoms with van der Waals surface area (Å²) >= 11 is 0. The Hall–Kier alpha value is -0.120. The number of hydrogen-bond donors (Lipinski definition) is 3. The Morgan fingerprint density at radius 2 is 1.71 bits per heavy atom. The lowest BCUT2D eigenvalue weighted by atomic mass is 9.44. The van der Waals surface area contributed by atoms with Gasteiger partial charge in [-0.15, -0.1) is 0 Å². The van der Waals surface area contributed by atoms with Crippen molar-refractivity contribution < 1.29 is 15.3 Å². The molecule has 0 heterocycles. The summed E-state index contributed by atoms with van der Waals surface area (Å²) in [7, 11) is 0. The highest BCUT2D eigenvalue weighted by molar-refractivity contribution is 5.12. The van der Waals surface area contributed by atoms with E-state index in [4.69, 9.17) is 0 Å². The van der Waals surface area contributed by atoms with Crippen LogP contribution in [-0.2, 0) is 0 Å². The number of hydrogen-bond acceptors (Lipinski definition) is 3. The van der Waals surface area contributed by atoms with Crippen LogP contribution in [-0.4, -0.2) is 33.6 Å². The Kier molecular flexibility index (Phi) is 4.10. The van der Waals surface area contributed by atoms with E-state index in [2.05, 4.69) is 13.8 Å². The zero-order valence-electron chi connectivity index (χ0n) is 15.6. The SMILES string of the molecule is C[C@H](O)[C@@H]1CC[C@@H]2[C@H]3CC[C@H]4C[C@@H](O)CC[C@]4(C)[C@@H]3[C@@H](O)C[C@]21C. The van der Waals surface area contributed by atoms with Gasteiger partial charge in [0.1, 0.15) is 0 Å². The maximum absolute atomic E-state index is 11.2. The minimum atomic E-state index is -0.263. The molecule has 4 aliphatic rings. The minimum Gasteiger partial charge on any atom is -0.393 e. The quantitative estimate of drug-likeness (QED) is 0.688. The number of rotatable bonds is 1. The van der Waals surface area contributed by atoms with Gasteiger partial charge in [0.05, 0.1) is 18.3 Å². The molecule has 0 aromatic heterocycles. The third-order valence-corrected chi connectivity index (χ3v) is 9.22. The molecule has 4 fully saturated rings. The van der Waals surface area contributed by atoms with Crippen LogP contribution in [0.25, 0.3) is 0 Å². The molecular formula is C21H36O3. The van der Waals surface area contributed by atoms with Gasteiger partial charge < -0.3 is 15.3 Å². The molecule has 4 aliphatic carbocycles. The topological polar surface area (TPSA) is 60.7 Å². The molecule has 0 aromatic rings. The molecule has 4 saturated carbocycles. The zero-order valence-corrected chi connectivity index (χ0v) is 15.6. The molecular weight excluding hydrogens is 300 g/mol. The van der Waals surface area contributed by atoms with E-state index in [1.165, 1.54) is 19.3 Å². The highest BCUT2D eigenvalue weighted by Gasteiger charge is 2.63. The monoisotopic (exact) mass is 336 g/mol. The van der Waals surface area contributed by atoms with Gasteiger partial charge in [-0.2, -0.15) is 0 Å². The van der Waals surface area contributed by atoms with Gasteiger partial charge in [0, 0.05) is 0 Å². The molecule has 3 nitrogen and oxygen atoms in total. The Balaban J connectivity index is 1.66. The van der Waals surface area contributed by atoms with E-state index in [1.807, 2.05) is 6.92 Å². The minimum absolute atomic E-state index is 0.103. The van der Waals surface area contributed by atoms with Crippen LogP contribution in [0.2, 0.25) is 0 Å². The van der Waals surface area contributed by atoms with Crippen molar-refractivity contribution in [2.75, 3.05) is 0 Å². The highest BCUT2D eigenvalue weighted by atomic mass is 16.3. The largest absolute Gasteiger partial charge is 0.393 e. The second-order valence-electron chi connectivity index (χ2n) is 10.2. The van der Waals surface area contributed by atoms with E-state index >= 15 is 0 Å². The summed E-state index contributed by atoms with van der Waals surface area (Å²) in [5, 5.41) is 31.7. The van der Waals surface area contributed by atoms with Crippen LogP contribution in [0.1, 0.15) is 72.1 Å². The van der Waals surface area contributed by atoms with Crippen LogP contribution in [0, 0.1) is 40.4 Å². The first-order chi connectivity index (χ1) is 11.3. The van der Waals surface area contributed by atoms with E-state index in [-0.39, 0.29) is 29.1 Å². The molecule has 0 unspecified atom stereocenters. The number of aliphatic hydroxyl groups excluding tert-OH is 3. The molecule has 0 saturated heterocycles. The first-order valence-corrected chi connectivity index (χ1v) is 10.3. The molecule has 10 atom stereocenters. The van der Waals surface area contributed by atoms with Gasteiger partial charge in [-0.1, -0.05) is 13.8 Å². The Morgan fingerprint density at radius 1 is 0.958 bits per heavy atom. The van der Waals surface area contributed by atoms with E-state index in [0.717, 1.165) is 32.1 Å².